The highest BCUT2D eigenvalue weighted by Gasteiger charge is 2.31. The molecule has 0 aliphatic carbocycles. The van der Waals surface area contributed by atoms with Gasteiger partial charge in [-0.1, -0.05) is 41.6 Å². The molecule has 1 atom stereocenters. The van der Waals surface area contributed by atoms with E-state index in [9.17, 15) is 4.79 Å². The van der Waals surface area contributed by atoms with Crippen LogP contribution in [0.25, 0.3) is 0 Å². The Morgan fingerprint density at radius 2 is 1.95 bits per heavy atom. The third-order valence-corrected chi connectivity index (χ3v) is 4.42. The standard InChI is InChI=1S/C16H12N2OS/c1-10-5-7-12(8-6-10)20-16-13-4-2-3-11(9-17)14(13)15(19)18-16/h2-8,16H,1H3,(H,18,19). The maximum absolute atomic E-state index is 12.0. The van der Waals surface area contributed by atoms with E-state index in [1.165, 1.54) is 5.56 Å². The summed E-state index contributed by atoms with van der Waals surface area (Å²) in [4.78, 5) is 13.1. The van der Waals surface area contributed by atoms with Crippen molar-refractivity contribution in [2.45, 2.75) is 17.2 Å². The van der Waals surface area contributed by atoms with Crippen LogP contribution in [0.4, 0.5) is 0 Å². The third kappa shape index (κ3) is 2.17. The SMILES string of the molecule is Cc1ccc(SC2NC(=O)c3c(C#N)cccc32)cc1. The topological polar surface area (TPSA) is 52.9 Å². The molecule has 0 radical (unpaired) electrons. The number of nitrogens with zero attached hydrogens (tertiary/aromatic N) is 1. The van der Waals surface area contributed by atoms with Crippen LogP contribution in [-0.4, -0.2) is 5.91 Å². The molecular weight excluding hydrogens is 268 g/mol. The zero-order valence-corrected chi connectivity index (χ0v) is 11.7. The average molecular weight is 280 g/mol. The van der Waals surface area contributed by atoms with Crippen molar-refractivity contribution in [3.05, 3.63) is 64.7 Å². The van der Waals surface area contributed by atoms with E-state index in [0.29, 0.717) is 11.1 Å². The van der Waals surface area contributed by atoms with Gasteiger partial charge in [-0.3, -0.25) is 4.79 Å². The highest BCUT2D eigenvalue weighted by molar-refractivity contribution is 7.99. The molecule has 1 amide bonds. The Hall–Kier alpha value is -2.25. The Kier molecular flexibility index (Phi) is 3.21. The summed E-state index contributed by atoms with van der Waals surface area (Å²) in [6.45, 7) is 2.04. The molecule has 2 aromatic rings. The first-order valence-corrected chi connectivity index (χ1v) is 7.14. The molecule has 1 N–H and O–H groups in total. The smallest absolute Gasteiger partial charge is 0.254 e. The fourth-order valence-corrected chi connectivity index (χ4v) is 3.30. The Labute approximate surface area is 121 Å². The normalized spacial score (nSPS) is 16.4. The minimum Gasteiger partial charge on any atom is -0.336 e. The van der Waals surface area contributed by atoms with E-state index >= 15 is 0 Å². The number of hydrogen-bond donors (Lipinski definition) is 1. The first-order chi connectivity index (χ1) is 9.69. The van der Waals surface area contributed by atoms with Crippen LogP contribution in [0, 0.1) is 18.3 Å². The highest BCUT2D eigenvalue weighted by Crippen LogP contribution is 2.39. The maximum Gasteiger partial charge on any atom is 0.254 e. The van der Waals surface area contributed by atoms with Crippen molar-refractivity contribution < 1.29 is 4.79 Å². The summed E-state index contributed by atoms with van der Waals surface area (Å²) in [5, 5.41) is 11.9. The van der Waals surface area contributed by atoms with E-state index in [1.54, 1.807) is 17.8 Å². The van der Waals surface area contributed by atoms with Crippen molar-refractivity contribution >= 4 is 17.7 Å². The van der Waals surface area contributed by atoms with Crippen LogP contribution in [-0.2, 0) is 0 Å². The van der Waals surface area contributed by atoms with Crippen LogP contribution >= 0.6 is 11.8 Å². The molecule has 0 saturated carbocycles. The van der Waals surface area contributed by atoms with Gasteiger partial charge in [-0.05, 0) is 30.7 Å². The lowest BCUT2D eigenvalue weighted by atomic mass is 10.0. The third-order valence-electron chi connectivity index (χ3n) is 3.26. The Bertz CT molecular complexity index is 716. The molecule has 1 heterocycles. The van der Waals surface area contributed by atoms with Gasteiger partial charge in [0.25, 0.3) is 5.91 Å². The van der Waals surface area contributed by atoms with Gasteiger partial charge in [0.2, 0.25) is 0 Å². The second kappa shape index (κ2) is 5.03. The van der Waals surface area contributed by atoms with Gasteiger partial charge < -0.3 is 5.32 Å². The van der Waals surface area contributed by atoms with Crippen LogP contribution in [0.2, 0.25) is 0 Å². The van der Waals surface area contributed by atoms with E-state index < -0.39 is 0 Å². The molecule has 98 valence electrons. The molecular formula is C16H12N2OS. The number of fused-ring (bicyclic) bond motifs is 1. The lowest BCUT2D eigenvalue weighted by Gasteiger charge is -2.11. The number of thioether (sulfide) groups is 1. The van der Waals surface area contributed by atoms with Crippen molar-refractivity contribution in [2.24, 2.45) is 0 Å². The van der Waals surface area contributed by atoms with Gasteiger partial charge in [0.15, 0.2) is 0 Å². The second-order valence-electron chi connectivity index (χ2n) is 4.67. The van der Waals surface area contributed by atoms with E-state index in [0.717, 1.165) is 10.5 Å². The molecule has 1 unspecified atom stereocenters. The van der Waals surface area contributed by atoms with E-state index in [2.05, 4.69) is 11.4 Å². The summed E-state index contributed by atoms with van der Waals surface area (Å²) >= 11 is 1.58. The number of benzene rings is 2. The number of nitrogens with one attached hydrogen (secondary N) is 1. The molecule has 20 heavy (non-hydrogen) atoms. The van der Waals surface area contributed by atoms with Gasteiger partial charge in [-0.15, -0.1) is 0 Å². The monoisotopic (exact) mass is 280 g/mol. The number of carbonyl (C=O) groups is 1. The van der Waals surface area contributed by atoms with Gasteiger partial charge >= 0.3 is 0 Å². The first kappa shape index (κ1) is 12.8. The van der Waals surface area contributed by atoms with Crippen LogP contribution in [0.1, 0.15) is 32.4 Å². The van der Waals surface area contributed by atoms with Crippen molar-refractivity contribution in [3.8, 4) is 6.07 Å². The van der Waals surface area contributed by atoms with Crippen molar-refractivity contribution in [3.63, 3.8) is 0 Å². The van der Waals surface area contributed by atoms with Gasteiger partial charge in [0.05, 0.1) is 17.2 Å². The van der Waals surface area contributed by atoms with Gasteiger partial charge in [0.1, 0.15) is 5.37 Å². The average Bonchev–Trinajstić information content (AvgIpc) is 2.78. The summed E-state index contributed by atoms with van der Waals surface area (Å²) in [6, 6.07) is 15.7. The molecule has 3 rings (SSSR count). The minimum absolute atomic E-state index is 0.131. The molecule has 0 bridgehead atoms. The minimum atomic E-state index is -0.165. The molecule has 0 saturated heterocycles. The lowest BCUT2D eigenvalue weighted by Crippen LogP contribution is -2.16. The fraction of sp³-hybridized carbons (Fsp3) is 0.125. The van der Waals surface area contributed by atoms with Crippen LogP contribution in [0.15, 0.2) is 47.4 Å². The quantitative estimate of drug-likeness (QED) is 0.917. The molecule has 2 aromatic carbocycles. The molecule has 0 spiro atoms. The predicted molar refractivity (Wildman–Crippen MR) is 78.4 cm³/mol. The van der Waals surface area contributed by atoms with Crippen molar-refractivity contribution in [1.82, 2.24) is 5.32 Å². The lowest BCUT2D eigenvalue weighted by molar-refractivity contribution is 0.0964. The molecule has 1 aliphatic heterocycles. The number of hydrogen-bond acceptors (Lipinski definition) is 3. The number of carbonyl (C=O) groups excluding carboxylic acids is 1. The van der Waals surface area contributed by atoms with Gasteiger partial charge in [-0.25, -0.2) is 0 Å². The highest BCUT2D eigenvalue weighted by atomic mass is 32.2. The Morgan fingerprint density at radius 1 is 1.20 bits per heavy atom. The van der Waals surface area contributed by atoms with Gasteiger partial charge in [-0.2, -0.15) is 5.26 Å². The molecule has 1 aliphatic rings. The number of rotatable bonds is 2. The second-order valence-corrected chi connectivity index (χ2v) is 5.84. The van der Waals surface area contributed by atoms with Crippen LogP contribution in [0.5, 0.6) is 0 Å². The Morgan fingerprint density at radius 3 is 2.65 bits per heavy atom. The summed E-state index contributed by atoms with van der Waals surface area (Å²) in [6.07, 6.45) is 0. The van der Waals surface area contributed by atoms with E-state index in [-0.39, 0.29) is 11.3 Å². The van der Waals surface area contributed by atoms with E-state index in [1.807, 2.05) is 43.3 Å². The van der Waals surface area contributed by atoms with E-state index in [4.69, 9.17) is 5.26 Å². The maximum atomic E-state index is 12.0. The summed E-state index contributed by atoms with van der Waals surface area (Å²) in [7, 11) is 0. The molecule has 3 nitrogen and oxygen atoms in total. The number of aryl methyl sites for hydroxylation is 1. The zero-order valence-electron chi connectivity index (χ0n) is 10.9. The van der Waals surface area contributed by atoms with Crippen LogP contribution < -0.4 is 5.32 Å². The number of nitriles is 1. The van der Waals surface area contributed by atoms with Crippen molar-refractivity contribution in [1.29, 1.82) is 5.26 Å². The largest absolute Gasteiger partial charge is 0.336 e. The number of amides is 1. The first-order valence-electron chi connectivity index (χ1n) is 6.26. The zero-order chi connectivity index (χ0) is 14.1. The Balaban J connectivity index is 1.94. The summed E-state index contributed by atoms with van der Waals surface area (Å²) in [5.41, 5.74) is 3.04. The summed E-state index contributed by atoms with van der Waals surface area (Å²) < 4.78 is 0. The molecule has 0 fully saturated rings. The summed E-state index contributed by atoms with van der Waals surface area (Å²) in [5.74, 6) is -0.165. The predicted octanol–water partition coefficient (Wildman–Crippen LogP) is 3.40. The van der Waals surface area contributed by atoms with Gasteiger partial charge in [0, 0.05) is 4.90 Å². The molecule has 0 aromatic heterocycles. The van der Waals surface area contributed by atoms with Crippen LogP contribution in [0.3, 0.4) is 0 Å². The molecule has 4 heteroatoms. The fourth-order valence-electron chi connectivity index (χ4n) is 2.25. The van der Waals surface area contributed by atoms with Crippen molar-refractivity contribution in [2.75, 3.05) is 0 Å².